The molecule has 0 saturated heterocycles. The van der Waals surface area contributed by atoms with E-state index < -0.39 is 166 Å². The third kappa shape index (κ3) is 60.7. The number of rotatable bonds is 34. The average molecular weight is 1960 g/mol. The highest BCUT2D eigenvalue weighted by Crippen LogP contribution is 2.29. The van der Waals surface area contributed by atoms with Gasteiger partial charge in [-0.1, -0.05) is 0 Å². The van der Waals surface area contributed by atoms with E-state index in [-0.39, 0.29) is 80.7 Å². The highest BCUT2D eigenvalue weighted by molar-refractivity contribution is 6.15. The van der Waals surface area contributed by atoms with Gasteiger partial charge in [0.15, 0.2) is 19.8 Å². The van der Waals surface area contributed by atoms with Crippen LogP contribution in [0.25, 0.3) is 0 Å². The number of benzene rings is 1. The number of hydrogen-bond acceptors (Lipinski definition) is 33. The van der Waals surface area contributed by atoms with Gasteiger partial charge in [-0.25, -0.2) is 61.8 Å². The van der Waals surface area contributed by atoms with Crippen molar-refractivity contribution in [2.45, 2.75) is 177 Å². The van der Waals surface area contributed by atoms with Gasteiger partial charge in [0.2, 0.25) is 52.6 Å². The predicted molar refractivity (Wildman–Crippen MR) is 451 cm³/mol. The largest absolute Gasteiger partial charge is 0.478 e. The molecule has 5 aliphatic rings. The Morgan fingerprint density at radius 2 is 0.625 bits per heavy atom. The number of hydroxylamine groups is 3. The monoisotopic (exact) mass is 1960 g/mol. The van der Waals surface area contributed by atoms with Crippen LogP contribution in [-0.4, -0.2) is 282 Å². The van der Waals surface area contributed by atoms with Crippen LogP contribution in [0.1, 0.15) is 142 Å². The van der Waals surface area contributed by atoms with Crippen molar-refractivity contribution in [3.05, 3.63) is 102 Å². The van der Waals surface area contributed by atoms with E-state index in [0.29, 0.717) is 78.0 Å². The standard InChI is InChI=1S/C14H21N3O6.C13H12F5NO5.C12H20N2O5.C12H18N2O4.C11H12F3N3O5.C8H18N2O2.C7H10N2O2.C4H2O3/c1-14(2,3)23-13(21)16-22-9-10(18)15-7-4-8-17-11(19)5-6-12(17)20;1-13(2,3)24-12(21)19-22-4-5(20)23-11-9(17)7(15)6(14)8(16)10(11)18;1-12(2,3)19-11(18)14-8-4-7-13-9(15)5-6-10(16)17;1-12(2,3)18-11(17)13-7-4-8-14-9(15)5-6-10(14)16;12-11(13,14)10(21)16-22-6-7(18)15-4-1-5-17-8(19)2-3-9(17)20;1-8(2,3)12-7(11)10-6-4-5-9;8-4-1-5-9-6(10)2-3-7(9)11;5-3-1-2-4(6)7-3/h5-6H,4,7-9H2,1-3H3,(H,15,18)(H,16,21);4H2,1-3H3,(H,19,21);5-6H,4,7-8H2,1-3H3,(H,13,15)(H,14,18)(H,16,17);5-6H,4,7-8H2,1-3H3,(H,13,17);2-3H,1,4-6H2,(H,15,18)(H,16,21);4-6,9H2,1-3H3,(H,10,11);2-3H,1,4-5,8H2;1-2H/b;;6-5-;;;;;. The number of halogens is 8. The number of amides is 17. The first-order chi connectivity index (χ1) is 62.8. The fourth-order valence-electron chi connectivity index (χ4n) is 8.50. The second-order valence-corrected chi connectivity index (χ2v) is 31.7. The summed E-state index contributed by atoms with van der Waals surface area (Å²) < 4.78 is 133. The van der Waals surface area contributed by atoms with E-state index >= 15 is 0 Å². The first kappa shape index (κ1) is 124. The van der Waals surface area contributed by atoms with Crippen molar-refractivity contribution in [3.63, 3.8) is 0 Å². The van der Waals surface area contributed by atoms with Crippen molar-refractivity contribution in [3.8, 4) is 5.75 Å². The minimum Gasteiger partial charge on any atom is -0.478 e. The normalized spacial score (nSPS) is 13.5. The molecule has 0 unspecified atom stereocenters. The highest BCUT2D eigenvalue weighted by Gasteiger charge is 2.39. The van der Waals surface area contributed by atoms with Crippen LogP contribution in [0.3, 0.4) is 0 Å². The number of imide groups is 4. The summed E-state index contributed by atoms with van der Waals surface area (Å²) in [7, 11) is 0. The zero-order valence-corrected chi connectivity index (χ0v) is 76.8. The first-order valence-electron chi connectivity index (χ1n) is 40.4. The number of esters is 3. The van der Waals surface area contributed by atoms with Crippen molar-refractivity contribution >= 4 is 125 Å². The number of alkyl carbamates (subject to hydrolysis) is 3. The molecule has 760 valence electrons. The molecule has 0 spiro atoms. The maximum Gasteiger partial charge on any atom is 0.473 e. The summed E-state index contributed by atoms with van der Waals surface area (Å²) in [4.78, 5) is 248. The number of aliphatic carboxylic acids is 1. The molecule has 0 saturated carbocycles. The molecule has 1 aromatic rings. The van der Waals surface area contributed by atoms with Gasteiger partial charge >= 0.3 is 66.4 Å². The summed E-state index contributed by atoms with van der Waals surface area (Å²) >= 11 is 0. The lowest BCUT2D eigenvalue weighted by atomic mass is 10.2. The third-order valence-electron chi connectivity index (χ3n) is 14.0. The number of cyclic esters (lactones) is 2. The number of carboxylic acid groups (broad SMARTS) is 1. The smallest absolute Gasteiger partial charge is 0.473 e. The number of nitrogens with zero attached hydrogens (tertiary/aromatic N) is 4. The number of nitrogens with two attached hydrogens (primary N) is 2. The molecular formula is C81H113F8N15O32. The molecule has 6 rings (SSSR count). The Balaban J connectivity index is 0. The van der Waals surface area contributed by atoms with Gasteiger partial charge in [0.05, 0.1) is 0 Å². The van der Waals surface area contributed by atoms with Crippen molar-refractivity contribution in [2.75, 3.05) is 98.4 Å². The number of hydrogen-bond donors (Lipinski definition) is 12. The number of carbonyl (C=O) groups excluding carboxylic acids is 20. The van der Waals surface area contributed by atoms with Crippen LogP contribution in [-0.2, 0) is 120 Å². The van der Waals surface area contributed by atoms with E-state index in [2.05, 4.69) is 51.0 Å². The Labute approximate surface area is 773 Å². The van der Waals surface area contributed by atoms with Gasteiger partial charge in [0.25, 0.3) is 47.3 Å². The number of ether oxygens (including phenoxy) is 7. The Kier molecular flexibility index (Phi) is 56.7. The van der Waals surface area contributed by atoms with Crippen LogP contribution in [0.15, 0.2) is 72.9 Å². The lowest BCUT2D eigenvalue weighted by molar-refractivity contribution is -0.186. The molecular weight excluding hydrogens is 1850 g/mol. The van der Waals surface area contributed by atoms with Gasteiger partial charge in [0, 0.05) is 138 Å². The summed E-state index contributed by atoms with van der Waals surface area (Å²) in [6.07, 6.45) is 8.35. The first-order valence-corrected chi connectivity index (χ1v) is 40.4. The highest BCUT2D eigenvalue weighted by atomic mass is 19.4. The molecule has 5 aliphatic heterocycles. The van der Waals surface area contributed by atoms with Crippen molar-refractivity contribution < 1.29 is 189 Å². The molecule has 14 N–H and O–H groups in total. The van der Waals surface area contributed by atoms with Crippen LogP contribution in [0.2, 0.25) is 0 Å². The van der Waals surface area contributed by atoms with Crippen molar-refractivity contribution in [2.24, 2.45) is 11.5 Å². The topological polar surface area (TPSA) is 644 Å². The Hall–Kier alpha value is -14.2. The Bertz CT molecular complexity index is 4410. The maximum absolute atomic E-state index is 13.3. The van der Waals surface area contributed by atoms with Gasteiger partial charge in [-0.15, -0.1) is 0 Å². The summed E-state index contributed by atoms with van der Waals surface area (Å²) in [5.41, 5.74) is 12.2. The van der Waals surface area contributed by atoms with E-state index in [1.54, 1.807) is 88.6 Å². The second kappa shape index (κ2) is 62.3. The number of carboxylic acids is 1. The van der Waals surface area contributed by atoms with Crippen molar-refractivity contribution in [1.29, 1.82) is 0 Å². The molecule has 0 aliphatic carbocycles. The summed E-state index contributed by atoms with van der Waals surface area (Å²) in [5.74, 6) is -23.9. The quantitative estimate of drug-likeness (QED) is 0.00403. The van der Waals surface area contributed by atoms with Crippen LogP contribution in [0, 0.1) is 29.1 Å². The Morgan fingerprint density at radius 1 is 0.353 bits per heavy atom. The van der Waals surface area contributed by atoms with Gasteiger partial charge < -0.3 is 81.6 Å². The summed E-state index contributed by atoms with van der Waals surface area (Å²) in [5, 5.41) is 23.3. The number of carbonyl (C=O) groups is 21. The van der Waals surface area contributed by atoms with E-state index in [9.17, 15) is 136 Å². The second-order valence-electron chi connectivity index (χ2n) is 31.7. The Morgan fingerprint density at radius 3 is 0.919 bits per heavy atom. The predicted octanol–water partition coefficient (Wildman–Crippen LogP) is 2.88. The van der Waals surface area contributed by atoms with E-state index in [0.717, 1.165) is 63.1 Å². The maximum atomic E-state index is 13.3. The zero-order valence-electron chi connectivity index (χ0n) is 76.8. The molecule has 55 heteroatoms. The summed E-state index contributed by atoms with van der Waals surface area (Å²) in [6.45, 7) is 27.7. The van der Waals surface area contributed by atoms with Crippen LogP contribution in [0.5, 0.6) is 5.75 Å². The van der Waals surface area contributed by atoms with Gasteiger partial charge in [-0.3, -0.25) is 91.6 Å². The molecule has 0 atom stereocenters. The van der Waals surface area contributed by atoms with Crippen LogP contribution >= 0.6 is 0 Å². The van der Waals surface area contributed by atoms with Gasteiger partial charge in [0.1, 0.15) is 28.0 Å². The third-order valence-corrected chi connectivity index (χ3v) is 14.0. The molecule has 136 heavy (non-hydrogen) atoms. The molecule has 0 fully saturated rings. The zero-order chi connectivity index (χ0) is 105. The van der Waals surface area contributed by atoms with Gasteiger partial charge in [-0.05, 0) is 155 Å². The lowest BCUT2D eigenvalue weighted by Crippen LogP contribution is -2.40. The molecule has 47 nitrogen and oxygen atoms in total. The average Bonchev–Trinajstić information content (AvgIpc) is 1.04. The number of alkyl halides is 3. The number of nitrogens with one attached hydrogen (secondary N) is 9. The SMILES string of the molecule is CC(C)(C)OC(=O)NCCCN.CC(C)(C)OC(=O)NCCCN1C(=O)C=CC1=O.CC(C)(C)OC(=O)NCCCNC(=O)/C=C\C(=O)O.CC(C)(C)OC(=O)NOCC(=O)NCCCN1C(=O)C=CC1=O.CC(C)(C)OC(=O)NOCC(=O)Oc1c(F)c(F)c(F)c(F)c1F.NCCCN1C(=O)C=CC1=O.O=C(CONC(=O)C(F)(F)F)NCCCN1C(=O)C=CC1=O.O=C1C=CC(=O)O1. The van der Waals surface area contributed by atoms with Crippen LogP contribution < -0.4 is 64.5 Å². The van der Waals surface area contributed by atoms with Gasteiger partial charge in [-0.2, -0.15) is 32.9 Å². The lowest BCUT2D eigenvalue weighted by Gasteiger charge is -2.20. The van der Waals surface area contributed by atoms with E-state index in [4.69, 9.17) is 45.1 Å². The molecule has 0 radical (unpaired) electrons. The van der Waals surface area contributed by atoms with Crippen LogP contribution in [0.4, 0.5) is 59.1 Å². The molecule has 0 aromatic heterocycles. The van der Waals surface area contributed by atoms with E-state index in [1.165, 1.54) is 41.4 Å². The minimum atomic E-state index is -5.10. The fourth-order valence-corrected chi connectivity index (χ4v) is 8.50. The van der Waals surface area contributed by atoms with Crippen molar-refractivity contribution in [1.82, 2.24) is 67.9 Å². The molecule has 0 bridgehead atoms. The molecule has 1 aromatic carbocycles. The van der Waals surface area contributed by atoms with E-state index in [1.807, 2.05) is 26.3 Å². The molecule has 17 amide bonds. The summed E-state index contributed by atoms with van der Waals surface area (Å²) in [6, 6.07) is 0. The fraction of sp³-hybridized carbons (Fsp3) is 0.519. The minimum absolute atomic E-state index is 0.0759. The molecule has 5 heterocycles.